The van der Waals surface area contributed by atoms with Gasteiger partial charge >= 0.3 is 6.18 Å². The van der Waals surface area contributed by atoms with Gasteiger partial charge in [0, 0.05) is 32.1 Å². The molecule has 1 aliphatic heterocycles. The van der Waals surface area contributed by atoms with E-state index in [4.69, 9.17) is 9.83 Å². The van der Waals surface area contributed by atoms with Crippen LogP contribution in [0.1, 0.15) is 24.3 Å². The number of alkyl halides is 3. The summed E-state index contributed by atoms with van der Waals surface area (Å²) in [6, 6.07) is 2.87. The first-order chi connectivity index (χ1) is 16.8. The number of nitrogens with zero attached hydrogens (tertiary/aromatic N) is 3. The van der Waals surface area contributed by atoms with E-state index in [2.05, 4.69) is 25.9 Å². The van der Waals surface area contributed by atoms with E-state index in [0.717, 1.165) is 6.26 Å². The average molecular weight is 512 g/mol. The number of anilines is 1. The van der Waals surface area contributed by atoms with Crippen molar-refractivity contribution in [1.29, 1.82) is 5.41 Å². The third-order valence-corrected chi connectivity index (χ3v) is 5.19. The number of nitrogens with one attached hydrogen (secondary N) is 4. The predicted molar refractivity (Wildman–Crippen MR) is 125 cm³/mol. The molecule has 196 valence electrons. The first kappa shape index (κ1) is 28.3. The number of halogens is 3. The van der Waals surface area contributed by atoms with Crippen LogP contribution >= 0.6 is 0 Å². The van der Waals surface area contributed by atoms with E-state index in [-0.39, 0.29) is 35.7 Å². The lowest BCUT2D eigenvalue weighted by Crippen LogP contribution is -2.39. The van der Waals surface area contributed by atoms with Gasteiger partial charge in [-0.15, -0.1) is 0 Å². The first-order valence-electron chi connectivity index (χ1n) is 10.7. The van der Waals surface area contributed by atoms with Crippen molar-refractivity contribution in [3.05, 3.63) is 42.2 Å². The van der Waals surface area contributed by atoms with E-state index < -0.39 is 24.2 Å². The summed E-state index contributed by atoms with van der Waals surface area (Å²) in [6.07, 6.45) is -0.483. The average Bonchev–Trinajstić information content (AvgIpc) is 3.40. The molecule has 36 heavy (non-hydrogen) atoms. The summed E-state index contributed by atoms with van der Waals surface area (Å²) in [4.78, 5) is 31.4. The minimum atomic E-state index is -4.33. The van der Waals surface area contributed by atoms with Crippen LogP contribution in [0.2, 0.25) is 0 Å². The van der Waals surface area contributed by atoms with E-state index >= 15 is 0 Å². The monoisotopic (exact) mass is 511 g/mol. The number of pyridine rings is 1. The van der Waals surface area contributed by atoms with Crippen LogP contribution in [0, 0.1) is 10.8 Å². The number of hydrogen-bond donors (Lipinski definition) is 5. The maximum atomic E-state index is 12.1. The molecule has 2 aromatic heterocycles. The SMILES string of the molecule is CN/C=C(/NC)C(=N)N1CC(O)C(C)(C)C1=O.O=Cc1coc(-c2ccnc(NCC(F)(F)F)c2)n1. The zero-order valence-corrected chi connectivity index (χ0v) is 20.1. The molecular weight excluding hydrogens is 483 g/mol. The van der Waals surface area contributed by atoms with Gasteiger partial charge in [-0.25, -0.2) is 9.97 Å². The summed E-state index contributed by atoms with van der Waals surface area (Å²) >= 11 is 0. The smallest absolute Gasteiger partial charge is 0.405 e. The van der Waals surface area contributed by atoms with Gasteiger partial charge in [0.25, 0.3) is 0 Å². The number of aldehydes is 1. The molecule has 14 heteroatoms. The van der Waals surface area contributed by atoms with Crippen molar-refractivity contribution in [2.45, 2.75) is 26.1 Å². The van der Waals surface area contributed by atoms with Crippen LogP contribution in [0.25, 0.3) is 11.5 Å². The van der Waals surface area contributed by atoms with Crippen LogP contribution in [0.5, 0.6) is 0 Å². The van der Waals surface area contributed by atoms with Crippen molar-refractivity contribution in [3.8, 4) is 11.5 Å². The molecule has 1 atom stereocenters. The number of oxazole rings is 1. The lowest BCUT2D eigenvalue weighted by Gasteiger charge is -2.21. The number of β-amino-alcohol motifs (C(OH)–C–C–N with tert-alkyl or cyclic N) is 1. The fourth-order valence-corrected chi connectivity index (χ4v) is 3.04. The van der Waals surface area contributed by atoms with Crippen LogP contribution in [0.15, 0.2) is 40.9 Å². The van der Waals surface area contributed by atoms with Gasteiger partial charge in [-0.05, 0) is 26.0 Å². The number of aromatic nitrogens is 2. The fourth-order valence-electron chi connectivity index (χ4n) is 3.04. The van der Waals surface area contributed by atoms with Gasteiger partial charge in [0.2, 0.25) is 11.8 Å². The largest absolute Gasteiger partial charge is 0.444 e. The molecule has 0 saturated carbocycles. The summed E-state index contributed by atoms with van der Waals surface area (Å²) < 4.78 is 41.2. The number of aliphatic hydroxyl groups excluding tert-OH is 1. The Labute approximate surface area is 205 Å². The van der Waals surface area contributed by atoms with Crippen molar-refractivity contribution in [2.24, 2.45) is 5.41 Å². The van der Waals surface area contributed by atoms with Crippen molar-refractivity contribution in [3.63, 3.8) is 0 Å². The zero-order valence-electron chi connectivity index (χ0n) is 20.1. The van der Waals surface area contributed by atoms with Gasteiger partial charge in [-0.1, -0.05) is 0 Å². The number of carbonyl (C=O) groups excluding carboxylic acids is 2. The highest BCUT2D eigenvalue weighted by molar-refractivity contribution is 6.08. The summed E-state index contributed by atoms with van der Waals surface area (Å²) in [5.74, 6) is 0.0176. The molecule has 0 aliphatic carbocycles. The van der Waals surface area contributed by atoms with Crippen molar-refractivity contribution in [2.75, 3.05) is 32.5 Å². The molecule has 0 spiro atoms. The maximum absolute atomic E-state index is 12.1. The number of likely N-dealkylation sites (N-methyl/N-ethyl adjacent to an activating group) is 1. The van der Waals surface area contributed by atoms with Gasteiger partial charge in [0.05, 0.1) is 23.8 Å². The van der Waals surface area contributed by atoms with Crippen molar-refractivity contribution < 1.29 is 32.3 Å². The van der Waals surface area contributed by atoms with Crippen LogP contribution < -0.4 is 16.0 Å². The number of hydrogen-bond acceptors (Lipinski definition) is 10. The van der Waals surface area contributed by atoms with Crippen LogP contribution in [0.4, 0.5) is 19.0 Å². The highest BCUT2D eigenvalue weighted by Gasteiger charge is 2.48. The third-order valence-electron chi connectivity index (χ3n) is 5.19. The van der Waals surface area contributed by atoms with Gasteiger partial charge in [0.1, 0.15) is 24.3 Å². The normalized spacial score (nSPS) is 17.2. The molecular formula is C22H28F3N7O4. The number of aliphatic hydroxyl groups is 1. The molecule has 1 aliphatic rings. The molecule has 1 fully saturated rings. The summed E-state index contributed by atoms with van der Waals surface area (Å²) in [5.41, 5.74) is 0.209. The Bertz CT molecular complexity index is 1120. The number of amidine groups is 1. The Morgan fingerprint density at radius 3 is 2.58 bits per heavy atom. The van der Waals surface area contributed by atoms with Gasteiger partial charge in [0.15, 0.2) is 12.1 Å². The summed E-state index contributed by atoms with van der Waals surface area (Å²) in [7, 11) is 3.40. The molecule has 1 saturated heterocycles. The van der Waals surface area contributed by atoms with E-state index in [9.17, 15) is 27.9 Å². The van der Waals surface area contributed by atoms with Crippen LogP contribution in [0.3, 0.4) is 0 Å². The Kier molecular flexibility index (Phi) is 9.17. The molecule has 3 heterocycles. The molecule has 5 N–H and O–H groups in total. The number of carbonyl (C=O) groups is 2. The summed E-state index contributed by atoms with van der Waals surface area (Å²) in [5, 5.41) is 25.6. The number of likely N-dealkylation sites (tertiary alicyclic amines) is 1. The fraction of sp³-hybridized carbons (Fsp3) is 0.409. The quantitative estimate of drug-likeness (QED) is 0.213. The second kappa shape index (κ2) is 11.7. The molecule has 2 aromatic rings. The molecule has 11 nitrogen and oxygen atoms in total. The topological polar surface area (TPSA) is 156 Å². The maximum Gasteiger partial charge on any atom is 0.405 e. The van der Waals surface area contributed by atoms with E-state index in [0.29, 0.717) is 17.5 Å². The molecule has 1 unspecified atom stereocenters. The predicted octanol–water partition coefficient (Wildman–Crippen LogP) is 2.00. The molecule has 0 radical (unpaired) electrons. The zero-order chi connectivity index (χ0) is 27.1. The minimum Gasteiger partial charge on any atom is -0.444 e. The molecule has 3 rings (SSSR count). The highest BCUT2D eigenvalue weighted by atomic mass is 19.4. The van der Waals surface area contributed by atoms with E-state index in [1.54, 1.807) is 34.1 Å². The lowest BCUT2D eigenvalue weighted by molar-refractivity contribution is -0.133. The second-order valence-corrected chi connectivity index (χ2v) is 8.19. The van der Waals surface area contributed by atoms with Gasteiger partial charge in [-0.2, -0.15) is 13.2 Å². The second-order valence-electron chi connectivity index (χ2n) is 8.19. The Morgan fingerprint density at radius 2 is 2.08 bits per heavy atom. The van der Waals surface area contributed by atoms with Gasteiger partial charge in [-0.3, -0.25) is 19.9 Å². The number of rotatable bonds is 7. The molecule has 1 amide bonds. The van der Waals surface area contributed by atoms with Crippen LogP contribution in [-0.2, 0) is 4.79 Å². The Hall–Kier alpha value is -3.94. The van der Waals surface area contributed by atoms with Gasteiger partial charge < -0.3 is 25.5 Å². The Morgan fingerprint density at radius 1 is 1.39 bits per heavy atom. The summed E-state index contributed by atoms with van der Waals surface area (Å²) in [6.45, 7) is 2.35. The number of amides is 1. The first-order valence-corrected chi connectivity index (χ1v) is 10.7. The van der Waals surface area contributed by atoms with Crippen molar-refractivity contribution in [1.82, 2.24) is 25.5 Å². The van der Waals surface area contributed by atoms with E-state index in [1.165, 1.54) is 23.2 Å². The minimum absolute atomic E-state index is 0.0423. The van der Waals surface area contributed by atoms with E-state index in [1.807, 2.05) is 0 Å². The van der Waals surface area contributed by atoms with Crippen LogP contribution in [-0.4, -0.2) is 77.5 Å². The molecule has 0 aromatic carbocycles. The third kappa shape index (κ3) is 7.04. The lowest BCUT2D eigenvalue weighted by atomic mass is 9.89. The highest BCUT2D eigenvalue weighted by Crippen LogP contribution is 2.31. The standard InChI is InChI=1S/C11H8F3N3O2.C11H20N4O2/c12-11(13,14)6-16-9-3-7(1-2-15-9)10-17-8(4-18)5-19-10;1-11(2)8(16)6-15(10(11)17)9(12)7(14-4)5-13-3/h1-5H,6H2,(H,15,16);5,8,12-14,16H,6H2,1-4H3/b;7-5+,12-9?. The van der Waals surface area contributed by atoms with Crippen molar-refractivity contribution >= 4 is 23.8 Å². The molecule has 0 bridgehead atoms. The Balaban J connectivity index is 0.000000255.